The summed E-state index contributed by atoms with van der Waals surface area (Å²) in [6.07, 6.45) is 0.129. The summed E-state index contributed by atoms with van der Waals surface area (Å²) in [7, 11) is 0. The zero-order valence-corrected chi connectivity index (χ0v) is 17.0. The molecule has 8 heteroatoms. The number of anilines is 1. The van der Waals surface area contributed by atoms with Gasteiger partial charge < -0.3 is 10.2 Å². The first-order valence-electron chi connectivity index (χ1n) is 10.5. The number of aromatic nitrogens is 2. The highest BCUT2D eigenvalue weighted by Crippen LogP contribution is 2.36. The molecule has 1 amide bonds. The van der Waals surface area contributed by atoms with E-state index in [1.165, 1.54) is 10.7 Å². The lowest BCUT2D eigenvalue weighted by Gasteiger charge is -2.41. The maximum atomic E-state index is 13.8. The van der Waals surface area contributed by atoms with Gasteiger partial charge in [0.2, 0.25) is 5.91 Å². The summed E-state index contributed by atoms with van der Waals surface area (Å²) in [6.45, 7) is 2.99. The van der Waals surface area contributed by atoms with Gasteiger partial charge in [-0.3, -0.25) is 4.79 Å². The Morgan fingerprint density at radius 2 is 2.13 bits per heavy atom. The molecule has 30 heavy (non-hydrogen) atoms. The van der Waals surface area contributed by atoms with E-state index in [9.17, 15) is 18.0 Å². The third kappa shape index (κ3) is 4.32. The number of nitrogens with one attached hydrogen (secondary N) is 1. The van der Waals surface area contributed by atoms with Gasteiger partial charge in [-0.1, -0.05) is 18.2 Å². The molecule has 2 aliphatic heterocycles. The highest BCUT2D eigenvalue weighted by Gasteiger charge is 2.38. The first kappa shape index (κ1) is 20.8. The van der Waals surface area contributed by atoms with Gasteiger partial charge in [0.05, 0.1) is 5.69 Å². The van der Waals surface area contributed by atoms with Gasteiger partial charge in [0.15, 0.2) is 0 Å². The molecule has 2 aromatic rings. The number of carbonyl (C=O) groups is 1. The van der Waals surface area contributed by atoms with Crippen molar-refractivity contribution >= 4 is 11.7 Å². The number of halogens is 3. The fraction of sp³-hybridized carbons (Fsp3) is 0.545. The number of rotatable bonds is 5. The minimum atomic E-state index is -2.49. The Morgan fingerprint density at radius 3 is 2.90 bits per heavy atom. The summed E-state index contributed by atoms with van der Waals surface area (Å²) < 4.78 is 42.5. The minimum absolute atomic E-state index is 0.00921. The molecule has 0 spiro atoms. The van der Waals surface area contributed by atoms with Crippen LogP contribution in [0.2, 0.25) is 0 Å². The van der Waals surface area contributed by atoms with Gasteiger partial charge >= 0.3 is 0 Å². The van der Waals surface area contributed by atoms with E-state index in [4.69, 9.17) is 0 Å². The summed E-state index contributed by atoms with van der Waals surface area (Å²) >= 11 is 0. The second-order valence-corrected chi connectivity index (χ2v) is 8.34. The molecule has 4 rings (SSSR count). The Morgan fingerprint density at radius 1 is 1.33 bits per heavy atom. The van der Waals surface area contributed by atoms with Crippen LogP contribution >= 0.6 is 0 Å². The van der Waals surface area contributed by atoms with E-state index in [1.54, 1.807) is 31.2 Å². The summed E-state index contributed by atoms with van der Waals surface area (Å²) in [6, 6.07) is 7.21. The van der Waals surface area contributed by atoms with Crippen LogP contribution in [0.1, 0.15) is 43.0 Å². The van der Waals surface area contributed by atoms with Gasteiger partial charge in [0.25, 0.3) is 6.43 Å². The Kier molecular flexibility index (Phi) is 6.01. The highest BCUT2D eigenvalue weighted by molar-refractivity contribution is 5.76. The number of nitrogens with zero attached hydrogens (tertiary/aromatic N) is 3. The monoisotopic (exact) mass is 420 g/mol. The summed E-state index contributed by atoms with van der Waals surface area (Å²) in [5.74, 6) is 0.418. The minimum Gasteiger partial charge on any atom is -0.367 e. The van der Waals surface area contributed by atoms with Crippen LogP contribution in [0.5, 0.6) is 0 Å². The first-order chi connectivity index (χ1) is 14.4. The Balaban J connectivity index is 1.40. The lowest BCUT2D eigenvalue weighted by atomic mass is 9.85. The van der Waals surface area contributed by atoms with Crippen molar-refractivity contribution < 1.29 is 18.0 Å². The van der Waals surface area contributed by atoms with E-state index in [2.05, 4.69) is 10.4 Å². The fourth-order valence-electron chi connectivity index (χ4n) is 4.67. The number of likely N-dealkylation sites (tertiary alicyclic amines) is 1. The van der Waals surface area contributed by atoms with Crippen LogP contribution in [-0.4, -0.2) is 46.1 Å². The molecule has 1 aromatic carbocycles. The van der Waals surface area contributed by atoms with E-state index in [0.717, 1.165) is 12.8 Å². The van der Waals surface area contributed by atoms with Crippen molar-refractivity contribution in [1.82, 2.24) is 14.7 Å². The van der Waals surface area contributed by atoms with Crippen LogP contribution in [0.3, 0.4) is 0 Å². The molecule has 3 atom stereocenters. The maximum Gasteiger partial charge on any atom is 0.260 e. The van der Waals surface area contributed by atoms with Crippen LogP contribution in [0, 0.1) is 18.7 Å². The predicted octanol–water partition coefficient (Wildman–Crippen LogP) is 4.19. The predicted molar refractivity (Wildman–Crippen MR) is 108 cm³/mol. The summed E-state index contributed by atoms with van der Waals surface area (Å²) in [4.78, 5) is 14.5. The second kappa shape index (κ2) is 8.70. The molecule has 1 aromatic heterocycles. The molecular formula is C22H27F3N4O. The van der Waals surface area contributed by atoms with Crippen LogP contribution in [0.25, 0.3) is 0 Å². The van der Waals surface area contributed by atoms with E-state index in [-0.39, 0.29) is 36.5 Å². The lowest BCUT2D eigenvalue weighted by Crippen LogP contribution is -2.48. The zero-order valence-electron chi connectivity index (χ0n) is 17.0. The number of benzene rings is 1. The average Bonchev–Trinajstić information content (AvgIpc) is 3.12. The van der Waals surface area contributed by atoms with E-state index in [0.29, 0.717) is 36.6 Å². The zero-order chi connectivity index (χ0) is 21.3. The molecule has 162 valence electrons. The lowest BCUT2D eigenvalue weighted by molar-refractivity contribution is -0.133. The molecule has 2 aliphatic rings. The maximum absolute atomic E-state index is 13.8. The first-order valence-corrected chi connectivity index (χ1v) is 10.5. The molecule has 3 heterocycles. The van der Waals surface area contributed by atoms with Crippen molar-refractivity contribution in [2.45, 2.75) is 57.5 Å². The molecule has 0 unspecified atom stereocenters. The topological polar surface area (TPSA) is 50.2 Å². The summed E-state index contributed by atoms with van der Waals surface area (Å²) in [5.41, 5.74) is 1.24. The molecule has 0 radical (unpaired) electrons. The highest BCUT2D eigenvalue weighted by atomic mass is 19.3. The van der Waals surface area contributed by atoms with Crippen molar-refractivity contribution in [3.05, 3.63) is 47.4 Å². The molecule has 1 fully saturated rings. The molecule has 1 saturated heterocycles. The normalized spacial score (nSPS) is 23.9. The Hall–Kier alpha value is -2.51. The van der Waals surface area contributed by atoms with E-state index in [1.807, 2.05) is 4.90 Å². The number of hydrogen-bond acceptors (Lipinski definition) is 3. The molecule has 1 N–H and O–H groups in total. The van der Waals surface area contributed by atoms with Crippen LogP contribution in [-0.2, 0) is 11.2 Å². The number of alkyl halides is 2. The van der Waals surface area contributed by atoms with Crippen molar-refractivity contribution in [1.29, 1.82) is 0 Å². The standard InChI is InChI=1S/C22H27F3N4O/c1-14-11-20-26-18(12-19(22(24)25)29(20)27-14)16-6-4-10-28(13-16)21(30)9-8-15-5-2-3-7-17(15)23/h2-3,5,7,11,16,18-19,22,26H,4,6,8-10,12-13H2,1H3/t16-,18+,19-/m1/s1. The third-order valence-electron chi connectivity index (χ3n) is 6.24. The summed E-state index contributed by atoms with van der Waals surface area (Å²) in [5, 5.41) is 7.59. The quantitative estimate of drug-likeness (QED) is 0.789. The van der Waals surface area contributed by atoms with Crippen molar-refractivity contribution in [2.75, 3.05) is 18.4 Å². The van der Waals surface area contributed by atoms with E-state index < -0.39 is 12.5 Å². The number of piperidine rings is 1. The molecule has 0 saturated carbocycles. The molecular weight excluding hydrogens is 393 g/mol. The van der Waals surface area contributed by atoms with Gasteiger partial charge in [-0.2, -0.15) is 5.10 Å². The van der Waals surface area contributed by atoms with Gasteiger partial charge in [-0.15, -0.1) is 0 Å². The number of carbonyl (C=O) groups excluding carboxylic acids is 1. The second-order valence-electron chi connectivity index (χ2n) is 8.34. The van der Waals surface area contributed by atoms with Gasteiger partial charge in [0.1, 0.15) is 17.7 Å². The van der Waals surface area contributed by atoms with Crippen molar-refractivity contribution in [3.63, 3.8) is 0 Å². The number of aryl methyl sites for hydroxylation is 2. The number of hydrogen-bond donors (Lipinski definition) is 1. The van der Waals surface area contributed by atoms with Gasteiger partial charge in [-0.25, -0.2) is 17.9 Å². The smallest absolute Gasteiger partial charge is 0.260 e. The molecule has 0 bridgehead atoms. The average molecular weight is 420 g/mol. The van der Waals surface area contributed by atoms with Crippen LogP contribution in [0.15, 0.2) is 30.3 Å². The van der Waals surface area contributed by atoms with Crippen molar-refractivity contribution in [2.24, 2.45) is 5.92 Å². The van der Waals surface area contributed by atoms with Crippen molar-refractivity contribution in [3.8, 4) is 0 Å². The molecule has 0 aliphatic carbocycles. The number of amides is 1. The fourth-order valence-corrected chi connectivity index (χ4v) is 4.67. The van der Waals surface area contributed by atoms with Gasteiger partial charge in [-0.05, 0) is 50.2 Å². The van der Waals surface area contributed by atoms with Crippen LogP contribution in [0.4, 0.5) is 19.0 Å². The third-order valence-corrected chi connectivity index (χ3v) is 6.24. The number of fused-ring (bicyclic) bond motifs is 1. The van der Waals surface area contributed by atoms with Crippen LogP contribution < -0.4 is 5.32 Å². The van der Waals surface area contributed by atoms with Gasteiger partial charge in [0, 0.05) is 31.6 Å². The SMILES string of the molecule is Cc1cc2n(n1)[C@@H](C(F)F)C[C@@H]([C@@H]1CCCN(C(=O)CCc3ccccc3F)C1)N2. The Labute approximate surface area is 174 Å². The largest absolute Gasteiger partial charge is 0.367 e. The van der Waals surface area contributed by atoms with E-state index >= 15 is 0 Å². The molecule has 5 nitrogen and oxygen atoms in total. The Bertz CT molecular complexity index is 900.